The Labute approximate surface area is 217 Å². The van der Waals surface area contributed by atoms with E-state index in [1.807, 2.05) is 53.4 Å². The smallest absolute Gasteiger partial charge is 0.298 e. The number of rotatable bonds is 5. The summed E-state index contributed by atoms with van der Waals surface area (Å²) >= 11 is 0. The van der Waals surface area contributed by atoms with E-state index in [1.54, 1.807) is 12.1 Å². The van der Waals surface area contributed by atoms with Gasteiger partial charge in [0.05, 0.1) is 18.4 Å². The number of benzene rings is 2. The zero-order valence-corrected chi connectivity index (χ0v) is 20.2. The van der Waals surface area contributed by atoms with Gasteiger partial charge in [0.1, 0.15) is 17.5 Å². The number of piperazine rings is 1. The van der Waals surface area contributed by atoms with Gasteiger partial charge < -0.3 is 20.1 Å². The molecule has 0 spiro atoms. The first-order valence-electron chi connectivity index (χ1n) is 12.2. The second-order valence-corrected chi connectivity index (χ2v) is 9.27. The number of H-pyrrole nitrogens is 1. The lowest BCUT2D eigenvalue weighted by Crippen LogP contribution is -2.52. The van der Waals surface area contributed by atoms with Crippen molar-refractivity contribution >= 4 is 29.0 Å². The summed E-state index contributed by atoms with van der Waals surface area (Å²) in [4.78, 5) is 41.4. The lowest BCUT2D eigenvalue weighted by atomic mass is 10.0. The fraction of sp³-hybridized carbons (Fsp3) is 0.179. The molecule has 38 heavy (non-hydrogen) atoms. The van der Waals surface area contributed by atoms with Crippen LogP contribution in [0, 0.1) is 17.1 Å². The van der Waals surface area contributed by atoms with Crippen LogP contribution >= 0.6 is 0 Å². The van der Waals surface area contributed by atoms with Gasteiger partial charge in [-0.1, -0.05) is 30.3 Å². The normalized spacial score (nSPS) is 15.9. The molecule has 0 aliphatic carbocycles. The maximum absolute atomic E-state index is 13.2. The minimum atomic E-state index is -0.788. The summed E-state index contributed by atoms with van der Waals surface area (Å²) in [5.41, 5.74) is 4.19. The molecule has 2 aromatic carbocycles. The summed E-state index contributed by atoms with van der Waals surface area (Å²) in [6, 6.07) is 18.5. The Morgan fingerprint density at radius 1 is 1.08 bits per heavy atom. The lowest BCUT2D eigenvalue weighted by Gasteiger charge is -2.39. The number of nitrogens with zero attached hydrogens (tertiary/aromatic N) is 5. The van der Waals surface area contributed by atoms with Gasteiger partial charge in [0, 0.05) is 36.6 Å². The average Bonchev–Trinajstić information content (AvgIpc) is 3.54. The summed E-state index contributed by atoms with van der Waals surface area (Å²) in [6.45, 7) is 2.16. The third-order valence-electron chi connectivity index (χ3n) is 6.93. The Morgan fingerprint density at radius 3 is 2.63 bits per heavy atom. The Hall–Kier alpha value is -5.04. The minimum absolute atomic E-state index is 0.0756. The largest absolute Gasteiger partial charge is 0.364 e. The quantitative estimate of drug-likeness (QED) is 0.313. The SMILES string of the molecule is N#Cc1cc(-c2ccccc2)c(C(=O)C(=O)Nc2ccc3c(c2)C[C@H]2CN(c4ncc(F)cn4)CCN32)[nH]1. The van der Waals surface area contributed by atoms with E-state index in [-0.39, 0.29) is 17.4 Å². The van der Waals surface area contributed by atoms with Crippen LogP contribution < -0.4 is 15.1 Å². The van der Waals surface area contributed by atoms with Gasteiger partial charge in [-0.15, -0.1) is 0 Å². The number of Topliss-reactive ketones (excluding diaryl/α,β-unsaturated/α-hetero) is 1. The van der Waals surface area contributed by atoms with Crippen LogP contribution in [0.4, 0.5) is 21.7 Å². The van der Waals surface area contributed by atoms with Crippen LogP contribution in [0.3, 0.4) is 0 Å². The molecule has 4 aromatic rings. The molecule has 0 bridgehead atoms. The van der Waals surface area contributed by atoms with Crippen LogP contribution in [-0.2, 0) is 11.2 Å². The number of nitriles is 1. The van der Waals surface area contributed by atoms with Crippen molar-refractivity contribution in [2.45, 2.75) is 12.5 Å². The lowest BCUT2D eigenvalue weighted by molar-refractivity contribution is -0.112. The fourth-order valence-electron chi connectivity index (χ4n) is 5.20. The van der Waals surface area contributed by atoms with E-state index in [2.05, 4.69) is 25.2 Å². The van der Waals surface area contributed by atoms with E-state index in [0.29, 0.717) is 30.3 Å². The molecule has 1 saturated heterocycles. The number of ketones is 1. The topological polar surface area (TPSA) is 118 Å². The van der Waals surface area contributed by atoms with Gasteiger partial charge in [0.25, 0.3) is 11.7 Å². The third-order valence-corrected chi connectivity index (χ3v) is 6.93. The molecule has 2 N–H and O–H groups in total. The van der Waals surface area contributed by atoms with Crippen molar-refractivity contribution in [2.75, 3.05) is 34.8 Å². The monoisotopic (exact) mass is 507 g/mol. The van der Waals surface area contributed by atoms with Crippen molar-refractivity contribution in [2.24, 2.45) is 0 Å². The van der Waals surface area contributed by atoms with Crippen molar-refractivity contribution < 1.29 is 14.0 Å². The van der Waals surface area contributed by atoms with Crippen LogP contribution in [0.2, 0.25) is 0 Å². The van der Waals surface area contributed by atoms with Crippen LogP contribution in [-0.4, -0.2) is 52.3 Å². The number of aromatic amines is 1. The molecule has 188 valence electrons. The maximum atomic E-state index is 13.2. The number of carbonyl (C=O) groups is 2. The molecule has 4 heterocycles. The van der Waals surface area contributed by atoms with Crippen LogP contribution in [0.15, 0.2) is 67.0 Å². The highest BCUT2D eigenvalue weighted by molar-refractivity contribution is 6.47. The van der Waals surface area contributed by atoms with Gasteiger partial charge in [-0.2, -0.15) is 5.26 Å². The number of amides is 1. The van der Waals surface area contributed by atoms with Crippen molar-refractivity contribution in [1.29, 1.82) is 5.26 Å². The van der Waals surface area contributed by atoms with Gasteiger partial charge in [-0.25, -0.2) is 14.4 Å². The number of fused-ring (bicyclic) bond motifs is 3. The van der Waals surface area contributed by atoms with E-state index < -0.39 is 17.5 Å². The van der Waals surface area contributed by atoms with Crippen molar-refractivity contribution in [3.8, 4) is 17.2 Å². The van der Waals surface area contributed by atoms with Crippen molar-refractivity contribution in [1.82, 2.24) is 15.0 Å². The molecular weight excluding hydrogens is 485 g/mol. The molecule has 0 radical (unpaired) electrons. The summed E-state index contributed by atoms with van der Waals surface area (Å²) in [6.07, 6.45) is 3.10. The molecule has 2 aliphatic rings. The summed E-state index contributed by atoms with van der Waals surface area (Å²) < 4.78 is 13.2. The first-order valence-corrected chi connectivity index (χ1v) is 12.2. The Morgan fingerprint density at radius 2 is 1.87 bits per heavy atom. The number of hydrogen-bond donors (Lipinski definition) is 2. The number of halogens is 1. The van der Waals surface area contributed by atoms with Crippen LogP contribution in [0.5, 0.6) is 0 Å². The minimum Gasteiger partial charge on any atom is -0.364 e. The molecule has 10 heteroatoms. The second kappa shape index (κ2) is 9.44. The first kappa shape index (κ1) is 23.4. The highest BCUT2D eigenvalue weighted by Gasteiger charge is 2.35. The molecule has 6 rings (SSSR count). The molecule has 1 fully saturated rings. The van der Waals surface area contributed by atoms with E-state index >= 15 is 0 Å². The second-order valence-electron chi connectivity index (χ2n) is 9.27. The molecule has 2 aliphatic heterocycles. The van der Waals surface area contributed by atoms with Gasteiger partial charge in [0.2, 0.25) is 5.95 Å². The zero-order valence-electron chi connectivity index (χ0n) is 20.2. The van der Waals surface area contributed by atoms with Crippen molar-refractivity contribution in [3.05, 3.63) is 89.8 Å². The van der Waals surface area contributed by atoms with Crippen molar-refractivity contribution in [3.63, 3.8) is 0 Å². The maximum Gasteiger partial charge on any atom is 0.298 e. The predicted octanol–water partition coefficient (Wildman–Crippen LogP) is 3.56. The molecule has 0 saturated carbocycles. The Kier molecular flexibility index (Phi) is 5.81. The molecule has 1 atom stereocenters. The molecular formula is C28H22FN7O2. The van der Waals surface area contributed by atoms with Gasteiger partial charge in [-0.05, 0) is 41.8 Å². The predicted molar refractivity (Wildman–Crippen MR) is 139 cm³/mol. The number of carbonyl (C=O) groups excluding carboxylic acids is 2. The third kappa shape index (κ3) is 4.24. The standard InChI is InChI=1S/C28H22FN7O2/c29-19-14-31-28(32-15-19)35-8-9-36-22(16-35)11-18-10-20(6-7-24(18)36)34-27(38)26(37)25-23(12-21(13-30)33-25)17-4-2-1-3-5-17/h1-7,10,12,14-15,22,33H,8-9,11,16H2,(H,34,38)/t22-/m0/s1. The average molecular weight is 508 g/mol. The number of nitrogens with one attached hydrogen (secondary N) is 2. The Bertz CT molecular complexity index is 1580. The summed E-state index contributed by atoms with van der Waals surface area (Å²) in [5.74, 6) is -1.50. The fourth-order valence-corrected chi connectivity index (χ4v) is 5.20. The van der Waals surface area contributed by atoms with E-state index in [4.69, 9.17) is 0 Å². The summed E-state index contributed by atoms with van der Waals surface area (Å²) in [5, 5.41) is 12.0. The highest BCUT2D eigenvalue weighted by Crippen LogP contribution is 2.36. The summed E-state index contributed by atoms with van der Waals surface area (Å²) in [7, 11) is 0. The molecule has 0 unspecified atom stereocenters. The van der Waals surface area contributed by atoms with Gasteiger partial charge in [-0.3, -0.25) is 9.59 Å². The van der Waals surface area contributed by atoms with Gasteiger partial charge >= 0.3 is 0 Å². The Balaban J connectivity index is 1.18. The highest BCUT2D eigenvalue weighted by atomic mass is 19.1. The van der Waals surface area contributed by atoms with Crippen LogP contribution in [0.1, 0.15) is 21.7 Å². The number of anilines is 3. The molecule has 1 amide bonds. The number of aromatic nitrogens is 3. The molecule has 2 aromatic heterocycles. The van der Waals surface area contributed by atoms with E-state index in [9.17, 15) is 19.2 Å². The van der Waals surface area contributed by atoms with Crippen LogP contribution in [0.25, 0.3) is 11.1 Å². The number of hydrogen-bond acceptors (Lipinski definition) is 7. The van der Waals surface area contributed by atoms with Gasteiger partial charge in [0.15, 0.2) is 5.82 Å². The zero-order chi connectivity index (χ0) is 26.2. The van der Waals surface area contributed by atoms with E-state index in [0.717, 1.165) is 29.8 Å². The van der Waals surface area contributed by atoms with E-state index in [1.165, 1.54) is 12.4 Å². The first-order chi connectivity index (χ1) is 18.5. The molecule has 9 nitrogen and oxygen atoms in total.